The second-order valence-electron chi connectivity index (χ2n) is 6.54. The molecule has 6 heteroatoms. The van der Waals surface area contributed by atoms with Gasteiger partial charge in [0, 0.05) is 31.8 Å². The third-order valence-corrected chi connectivity index (χ3v) is 4.44. The molecule has 2 rings (SSSR count). The van der Waals surface area contributed by atoms with Crippen LogP contribution >= 0.6 is 0 Å². The fourth-order valence-corrected chi connectivity index (χ4v) is 3.34. The Labute approximate surface area is 137 Å². The average Bonchev–Trinajstić information content (AvgIpc) is 2.94. The Balaban J connectivity index is 1.85. The predicted molar refractivity (Wildman–Crippen MR) is 90.4 cm³/mol. The number of rotatable bonds is 8. The third kappa shape index (κ3) is 5.27. The Kier molecular flexibility index (Phi) is 6.50. The lowest BCUT2D eigenvalue weighted by atomic mass is 10.1. The minimum absolute atomic E-state index is 0.0297. The summed E-state index contributed by atoms with van der Waals surface area (Å²) in [6, 6.07) is 6.29. The highest BCUT2D eigenvalue weighted by molar-refractivity contribution is 5.35. The summed E-state index contributed by atoms with van der Waals surface area (Å²) in [6.45, 7) is 6.91. The van der Waals surface area contributed by atoms with Crippen LogP contribution in [-0.2, 0) is 0 Å². The maximum atomic E-state index is 10.8. The lowest BCUT2D eigenvalue weighted by Gasteiger charge is -2.22. The molecule has 0 aliphatic carbocycles. The Bertz CT molecular complexity index is 524. The van der Waals surface area contributed by atoms with Gasteiger partial charge in [-0.15, -0.1) is 0 Å². The van der Waals surface area contributed by atoms with Gasteiger partial charge >= 0.3 is 0 Å². The molecule has 0 amide bonds. The zero-order valence-electron chi connectivity index (χ0n) is 14.0. The number of aliphatic hydroxyl groups is 1. The largest absolute Gasteiger partial charge is 0.387 e. The molecule has 1 aromatic carbocycles. The van der Waals surface area contributed by atoms with Gasteiger partial charge in [0.25, 0.3) is 5.69 Å². The van der Waals surface area contributed by atoms with Crippen LogP contribution in [0.25, 0.3) is 0 Å². The van der Waals surface area contributed by atoms with Gasteiger partial charge < -0.3 is 14.9 Å². The Morgan fingerprint density at radius 3 is 3.00 bits per heavy atom. The fourth-order valence-electron chi connectivity index (χ4n) is 3.34. The number of benzene rings is 1. The van der Waals surface area contributed by atoms with E-state index in [4.69, 9.17) is 0 Å². The normalized spacial score (nSPS) is 20.1. The molecular weight excluding hydrogens is 294 g/mol. The van der Waals surface area contributed by atoms with Gasteiger partial charge in [0.15, 0.2) is 0 Å². The number of nitro benzene ring substituents is 1. The maximum absolute atomic E-state index is 10.8. The number of hydrogen-bond donors (Lipinski definition) is 1. The summed E-state index contributed by atoms with van der Waals surface area (Å²) >= 11 is 0. The van der Waals surface area contributed by atoms with E-state index in [1.807, 2.05) is 0 Å². The van der Waals surface area contributed by atoms with Crippen LogP contribution in [0.2, 0.25) is 0 Å². The Morgan fingerprint density at radius 1 is 1.52 bits per heavy atom. The highest BCUT2D eigenvalue weighted by Gasteiger charge is 2.25. The van der Waals surface area contributed by atoms with E-state index in [0.717, 1.165) is 32.6 Å². The zero-order chi connectivity index (χ0) is 16.8. The van der Waals surface area contributed by atoms with Crippen molar-refractivity contribution in [1.82, 2.24) is 9.80 Å². The molecule has 6 nitrogen and oxygen atoms in total. The second kappa shape index (κ2) is 8.38. The molecule has 23 heavy (non-hydrogen) atoms. The summed E-state index contributed by atoms with van der Waals surface area (Å²) in [5, 5.41) is 21.2. The number of aliphatic hydroxyl groups excluding tert-OH is 1. The van der Waals surface area contributed by atoms with E-state index in [2.05, 4.69) is 23.8 Å². The van der Waals surface area contributed by atoms with Crippen molar-refractivity contribution in [3.63, 3.8) is 0 Å². The summed E-state index contributed by atoms with van der Waals surface area (Å²) in [4.78, 5) is 15.0. The molecule has 0 spiro atoms. The van der Waals surface area contributed by atoms with Crippen molar-refractivity contribution < 1.29 is 10.0 Å². The van der Waals surface area contributed by atoms with Crippen molar-refractivity contribution in [2.45, 2.75) is 25.9 Å². The molecule has 0 radical (unpaired) electrons. The molecule has 1 saturated heterocycles. The molecule has 0 saturated carbocycles. The summed E-state index contributed by atoms with van der Waals surface area (Å²) in [6.07, 6.45) is 1.63. The SMILES string of the molecule is CCCN(C)CC1CCN(CC(O)c2cccc([N+](=O)[O-])c2)C1. The van der Waals surface area contributed by atoms with E-state index < -0.39 is 11.0 Å². The molecule has 2 atom stereocenters. The van der Waals surface area contributed by atoms with Gasteiger partial charge in [-0.1, -0.05) is 19.1 Å². The standard InChI is InChI=1S/C17H27N3O3/c1-3-8-18(2)11-14-7-9-19(12-14)13-17(21)15-5-4-6-16(10-15)20(22)23/h4-6,10,14,17,21H,3,7-9,11-13H2,1-2H3. The van der Waals surface area contributed by atoms with Crippen molar-refractivity contribution in [3.05, 3.63) is 39.9 Å². The molecule has 1 aromatic rings. The number of nitro groups is 1. The minimum atomic E-state index is -0.679. The first-order valence-corrected chi connectivity index (χ1v) is 8.33. The van der Waals surface area contributed by atoms with E-state index in [1.54, 1.807) is 12.1 Å². The summed E-state index contributed by atoms with van der Waals surface area (Å²) in [7, 11) is 2.16. The lowest BCUT2D eigenvalue weighted by Crippen LogP contribution is -2.30. The number of β-amino-alcohol motifs (C(OH)–C–C–N with tert-alkyl or cyclic N) is 1. The van der Waals surface area contributed by atoms with Gasteiger partial charge in [-0.05, 0) is 44.5 Å². The molecule has 1 aliphatic heterocycles. The Morgan fingerprint density at radius 2 is 2.30 bits per heavy atom. The monoisotopic (exact) mass is 321 g/mol. The first-order chi connectivity index (χ1) is 11.0. The van der Waals surface area contributed by atoms with Gasteiger partial charge in [-0.25, -0.2) is 0 Å². The van der Waals surface area contributed by atoms with Crippen molar-refractivity contribution in [2.75, 3.05) is 39.8 Å². The Hall–Kier alpha value is -1.50. The van der Waals surface area contributed by atoms with Crippen LogP contribution in [0, 0.1) is 16.0 Å². The van der Waals surface area contributed by atoms with E-state index in [0.29, 0.717) is 18.0 Å². The zero-order valence-corrected chi connectivity index (χ0v) is 14.0. The molecule has 128 valence electrons. The number of likely N-dealkylation sites (tertiary alicyclic amines) is 1. The van der Waals surface area contributed by atoms with Gasteiger partial charge in [-0.3, -0.25) is 10.1 Å². The lowest BCUT2D eigenvalue weighted by molar-refractivity contribution is -0.385. The van der Waals surface area contributed by atoms with Crippen molar-refractivity contribution in [2.24, 2.45) is 5.92 Å². The average molecular weight is 321 g/mol. The van der Waals surface area contributed by atoms with Crippen molar-refractivity contribution in [1.29, 1.82) is 0 Å². The van der Waals surface area contributed by atoms with Gasteiger partial charge in [0.1, 0.15) is 0 Å². The summed E-state index contributed by atoms with van der Waals surface area (Å²) in [5.74, 6) is 0.642. The summed E-state index contributed by atoms with van der Waals surface area (Å²) in [5.41, 5.74) is 0.646. The van der Waals surface area contributed by atoms with Crippen LogP contribution < -0.4 is 0 Å². The van der Waals surface area contributed by atoms with Gasteiger partial charge in [0.2, 0.25) is 0 Å². The van der Waals surface area contributed by atoms with E-state index in [-0.39, 0.29) is 5.69 Å². The third-order valence-electron chi connectivity index (χ3n) is 4.44. The topological polar surface area (TPSA) is 69.8 Å². The van der Waals surface area contributed by atoms with Crippen LogP contribution in [0.1, 0.15) is 31.4 Å². The highest BCUT2D eigenvalue weighted by Crippen LogP contribution is 2.23. The molecule has 1 fully saturated rings. The second-order valence-corrected chi connectivity index (χ2v) is 6.54. The first kappa shape index (κ1) is 17.8. The van der Waals surface area contributed by atoms with Crippen LogP contribution in [0.5, 0.6) is 0 Å². The van der Waals surface area contributed by atoms with Crippen LogP contribution in [0.3, 0.4) is 0 Å². The number of hydrogen-bond acceptors (Lipinski definition) is 5. The van der Waals surface area contributed by atoms with E-state index in [1.165, 1.54) is 18.6 Å². The number of nitrogens with zero attached hydrogens (tertiary/aromatic N) is 3. The van der Waals surface area contributed by atoms with E-state index >= 15 is 0 Å². The molecule has 2 unspecified atom stereocenters. The van der Waals surface area contributed by atoms with Gasteiger partial charge in [-0.2, -0.15) is 0 Å². The van der Waals surface area contributed by atoms with Crippen molar-refractivity contribution >= 4 is 5.69 Å². The smallest absolute Gasteiger partial charge is 0.269 e. The molecule has 1 N–H and O–H groups in total. The molecule has 1 aliphatic rings. The minimum Gasteiger partial charge on any atom is -0.387 e. The van der Waals surface area contributed by atoms with E-state index in [9.17, 15) is 15.2 Å². The molecule has 1 heterocycles. The van der Waals surface area contributed by atoms with Gasteiger partial charge in [0.05, 0.1) is 11.0 Å². The van der Waals surface area contributed by atoms with Crippen LogP contribution in [-0.4, -0.2) is 59.6 Å². The first-order valence-electron chi connectivity index (χ1n) is 8.33. The fraction of sp³-hybridized carbons (Fsp3) is 0.647. The van der Waals surface area contributed by atoms with Crippen LogP contribution in [0.4, 0.5) is 5.69 Å². The maximum Gasteiger partial charge on any atom is 0.269 e. The molecule has 0 bridgehead atoms. The highest BCUT2D eigenvalue weighted by atomic mass is 16.6. The quantitative estimate of drug-likeness (QED) is 0.587. The number of non-ortho nitro benzene ring substituents is 1. The molecule has 0 aromatic heterocycles. The summed E-state index contributed by atoms with van der Waals surface area (Å²) < 4.78 is 0. The van der Waals surface area contributed by atoms with Crippen LogP contribution in [0.15, 0.2) is 24.3 Å². The van der Waals surface area contributed by atoms with Crippen molar-refractivity contribution in [3.8, 4) is 0 Å². The molecular formula is C17H27N3O3. The predicted octanol–water partition coefficient (Wildman–Crippen LogP) is 2.29.